The van der Waals surface area contributed by atoms with Gasteiger partial charge >= 0.3 is 0 Å². The quantitative estimate of drug-likeness (QED) is 0.683. The summed E-state index contributed by atoms with van der Waals surface area (Å²) in [6.45, 7) is 8.57. The lowest BCUT2D eigenvalue weighted by molar-refractivity contribution is 0.290. The summed E-state index contributed by atoms with van der Waals surface area (Å²) in [6, 6.07) is 0.0886. The first kappa shape index (κ1) is 17.9. The first-order valence-corrected chi connectivity index (χ1v) is 9.47. The third-order valence-corrected chi connectivity index (χ3v) is 5.84. The van der Waals surface area contributed by atoms with E-state index < -0.39 is 10.0 Å². The van der Waals surface area contributed by atoms with Crippen LogP contribution in [0.3, 0.4) is 0 Å². The van der Waals surface area contributed by atoms with E-state index in [2.05, 4.69) is 24.2 Å². The Labute approximate surface area is 124 Å². The molecule has 1 saturated heterocycles. The molecule has 0 aromatic rings. The van der Waals surface area contributed by atoms with Gasteiger partial charge in [-0.15, -0.1) is 0 Å². The highest BCUT2D eigenvalue weighted by Crippen LogP contribution is 2.15. The highest BCUT2D eigenvalue weighted by atomic mass is 32.2. The molecule has 0 aliphatic carbocycles. The van der Waals surface area contributed by atoms with E-state index >= 15 is 0 Å². The zero-order valence-corrected chi connectivity index (χ0v) is 14.1. The zero-order chi connectivity index (χ0) is 15.0. The minimum Gasteiger partial charge on any atom is -0.317 e. The molecule has 1 unspecified atom stereocenters. The van der Waals surface area contributed by atoms with Crippen LogP contribution in [0.25, 0.3) is 0 Å². The van der Waals surface area contributed by atoms with Crippen LogP contribution in [0, 0.1) is 0 Å². The number of nitrogens with one attached hydrogen (secondary N) is 1. The van der Waals surface area contributed by atoms with Crippen LogP contribution >= 0.6 is 0 Å². The minimum absolute atomic E-state index is 0.0886. The average molecular weight is 305 g/mol. The lowest BCUT2D eigenvalue weighted by Gasteiger charge is -2.27. The Bertz CT molecular complexity index is 359. The lowest BCUT2D eigenvalue weighted by Crippen LogP contribution is -2.43. The number of rotatable bonds is 8. The number of unbranched alkanes of at least 4 members (excludes halogenated alkanes) is 1. The van der Waals surface area contributed by atoms with Crippen LogP contribution in [0.2, 0.25) is 0 Å². The summed E-state index contributed by atoms with van der Waals surface area (Å²) in [4.78, 5) is 2.22. The molecule has 1 heterocycles. The number of likely N-dealkylation sites (N-methyl/N-ethyl adjacent to an activating group) is 1. The van der Waals surface area contributed by atoms with E-state index in [-0.39, 0.29) is 11.8 Å². The summed E-state index contributed by atoms with van der Waals surface area (Å²) >= 11 is 0. The molecule has 5 nitrogen and oxygen atoms in total. The summed E-state index contributed by atoms with van der Waals surface area (Å²) in [5.41, 5.74) is 0. The Morgan fingerprint density at radius 2 is 1.95 bits per heavy atom. The molecule has 0 bridgehead atoms. The molecule has 1 fully saturated rings. The molecule has 0 spiro atoms. The van der Waals surface area contributed by atoms with Gasteiger partial charge in [-0.05, 0) is 59.3 Å². The largest absolute Gasteiger partial charge is 0.317 e. The lowest BCUT2D eigenvalue weighted by atomic mass is 10.3. The van der Waals surface area contributed by atoms with E-state index in [1.54, 1.807) is 4.31 Å². The van der Waals surface area contributed by atoms with Crippen LogP contribution in [-0.4, -0.2) is 69.2 Å². The fourth-order valence-electron chi connectivity index (χ4n) is 2.72. The number of sulfonamides is 1. The van der Waals surface area contributed by atoms with Gasteiger partial charge in [0.25, 0.3) is 0 Å². The molecule has 1 rings (SSSR count). The molecule has 120 valence electrons. The summed E-state index contributed by atoms with van der Waals surface area (Å²) in [5.74, 6) is 0.287. The highest BCUT2D eigenvalue weighted by Gasteiger charge is 2.29. The number of hydrogen-bond acceptors (Lipinski definition) is 4. The van der Waals surface area contributed by atoms with Crippen molar-refractivity contribution in [2.75, 3.05) is 45.5 Å². The van der Waals surface area contributed by atoms with Crippen molar-refractivity contribution < 1.29 is 8.42 Å². The molecule has 1 N–H and O–H groups in total. The van der Waals surface area contributed by atoms with Gasteiger partial charge in [-0.1, -0.05) is 6.92 Å². The van der Waals surface area contributed by atoms with Crippen LogP contribution in [0.5, 0.6) is 0 Å². The van der Waals surface area contributed by atoms with Crippen LogP contribution in [0.1, 0.15) is 39.5 Å². The molecular formula is C14H31N3O2S. The number of hydrogen-bond donors (Lipinski definition) is 1. The van der Waals surface area contributed by atoms with Crippen LogP contribution in [-0.2, 0) is 10.0 Å². The van der Waals surface area contributed by atoms with Crippen molar-refractivity contribution in [2.24, 2.45) is 0 Å². The van der Waals surface area contributed by atoms with Crippen molar-refractivity contribution in [3.63, 3.8) is 0 Å². The van der Waals surface area contributed by atoms with E-state index in [1.807, 2.05) is 6.92 Å². The summed E-state index contributed by atoms with van der Waals surface area (Å²) in [6.07, 6.45) is 3.73. The minimum atomic E-state index is -3.09. The third kappa shape index (κ3) is 6.08. The molecule has 0 aromatic carbocycles. The molecule has 20 heavy (non-hydrogen) atoms. The molecule has 0 amide bonds. The maximum Gasteiger partial charge on any atom is 0.214 e. The van der Waals surface area contributed by atoms with Crippen molar-refractivity contribution in [2.45, 2.75) is 45.6 Å². The van der Waals surface area contributed by atoms with Gasteiger partial charge in [0, 0.05) is 19.1 Å². The van der Waals surface area contributed by atoms with Crippen LogP contribution in [0.4, 0.5) is 0 Å². The predicted octanol–water partition coefficient (Wildman–Crippen LogP) is 1.12. The maximum absolute atomic E-state index is 12.4. The Hall–Kier alpha value is -0.170. The molecule has 6 heteroatoms. The summed E-state index contributed by atoms with van der Waals surface area (Å²) in [7, 11) is -1.03. The number of nitrogens with zero attached hydrogens (tertiary/aromatic N) is 2. The maximum atomic E-state index is 12.4. The summed E-state index contributed by atoms with van der Waals surface area (Å²) < 4.78 is 26.6. The zero-order valence-electron chi connectivity index (χ0n) is 13.3. The Morgan fingerprint density at radius 3 is 2.65 bits per heavy atom. The molecule has 1 aliphatic heterocycles. The molecule has 0 radical (unpaired) electrons. The first-order valence-electron chi connectivity index (χ1n) is 7.86. The molecular weight excluding hydrogens is 274 g/mol. The monoisotopic (exact) mass is 305 g/mol. The summed E-state index contributed by atoms with van der Waals surface area (Å²) in [5, 5.41) is 3.31. The molecule has 0 saturated carbocycles. The smallest absolute Gasteiger partial charge is 0.214 e. The fraction of sp³-hybridized carbons (Fsp3) is 1.00. The second-order valence-electron chi connectivity index (χ2n) is 5.85. The molecule has 1 atom stereocenters. The van der Waals surface area contributed by atoms with E-state index in [0.29, 0.717) is 6.54 Å². The van der Waals surface area contributed by atoms with E-state index in [1.165, 1.54) is 0 Å². The van der Waals surface area contributed by atoms with Gasteiger partial charge in [0.15, 0.2) is 0 Å². The third-order valence-electron chi connectivity index (χ3n) is 3.78. The van der Waals surface area contributed by atoms with Crippen molar-refractivity contribution in [3.8, 4) is 0 Å². The van der Waals surface area contributed by atoms with Gasteiger partial charge in [-0.3, -0.25) is 0 Å². The van der Waals surface area contributed by atoms with Gasteiger partial charge in [0.2, 0.25) is 10.0 Å². The van der Waals surface area contributed by atoms with Crippen LogP contribution < -0.4 is 5.32 Å². The van der Waals surface area contributed by atoms with Crippen molar-refractivity contribution >= 4 is 10.0 Å². The SMILES string of the molecule is CCCNCCCCS(=O)(=O)N1CCCN(C)CC1C. The van der Waals surface area contributed by atoms with Crippen molar-refractivity contribution in [1.29, 1.82) is 0 Å². The Kier molecular flexibility index (Phi) is 8.02. The van der Waals surface area contributed by atoms with Crippen molar-refractivity contribution in [3.05, 3.63) is 0 Å². The average Bonchev–Trinajstić information content (AvgIpc) is 2.54. The van der Waals surface area contributed by atoms with Gasteiger partial charge in [0.1, 0.15) is 0 Å². The fourth-order valence-corrected chi connectivity index (χ4v) is 4.54. The van der Waals surface area contributed by atoms with Gasteiger partial charge in [-0.25, -0.2) is 8.42 Å². The normalized spacial score (nSPS) is 22.9. The van der Waals surface area contributed by atoms with E-state index in [0.717, 1.165) is 51.9 Å². The topological polar surface area (TPSA) is 52.7 Å². The Balaban J connectivity index is 2.38. The highest BCUT2D eigenvalue weighted by molar-refractivity contribution is 7.89. The molecule has 1 aliphatic rings. The van der Waals surface area contributed by atoms with Crippen LogP contribution in [0.15, 0.2) is 0 Å². The van der Waals surface area contributed by atoms with Gasteiger partial charge in [-0.2, -0.15) is 4.31 Å². The Morgan fingerprint density at radius 1 is 1.20 bits per heavy atom. The van der Waals surface area contributed by atoms with E-state index in [4.69, 9.17) is 0 Å². The van der Waals surface area contributed by atoms with Crippen molar-refractivity contribution in [1.82, 2.24) is 14.5 Å². The predicted molar refractivity (Wildman–Crippen MR) is 84.5 cm³/mol. The van der Waals surface area contributed by atoms with E-state index in [9.17, 15) is 8.42 Å². The van der Waals surface area contributed by atoms with Gasteiger partial charge < -0.3 is 10.2 Å². The second kappa shape index (κ2) is 8.97. The first-order chi connectivity index (χ1) is 9.47. The standard InChI is InChI=1S/C14H31N3O2S/c1-4-8-15-9-5-6-12-20(18,19)17-11-7-10-16(3)13-14(17)2/h14-15H,4-13H2,1-3H3. The second-order valence-corrected chi connectivity index (χ2v) is 7.89. The van der Waals surface area contributed by atoms with Gasteiger partial charge in [0.05, 0.1) is 5.75 Å². The molecule has 0 aromatic heterocycles.